The molecule has 11 rings (SSSR count). The molecule has 0 bridgehead atoms. The molecule has 3 heterocycles. The van der Waals surface area contributed by atoms with Crippen molar-refractivity contribution >= 4 is 43.7 Å². The van der Waals surface area contributed by atoms with Crippen molar-refractivity contribution in [3.8, 4) is 62.1 Å². The highest BCUT2D eigenvalue weighted by Gasteiger charge is 2.23. The van der Waals surface area contributed by atoms with E-state index in [-0.39, 0.29) is 0 Å². The first-order chi connectivity index (χ1) is 27.8. The van der Waals surface area contributed by atoms with Crippen molar-refractivity contribution in [3.05, 3.63) is 194 Å². The van der Waals surface area contributed by atoms with Gasteiger partial charge in [-0.05, 0) is 53.1 Å². The highest BCUT2D eigenvalue weighted by molar-refractivity contribution is 6.27. The van der Waals surface area contributed by atoms with Gasteiger partial charge in [0, 0.05) is 44.1 Å². The molecule has 0 aliphatic rings. The van der Waals surface area contributed by atoms with Crippen LogP contribution >= 0.6 is 0 Å². The molecule has 0 aliphatic heterocycles. The first-order valence-corrected chi connectivity index (χ1v) is 18.8. The first kappa shape index (κ1) is 31.9. The van der Waals surface area contributed by atoms with Crippen molar-refractivity contribution in [2.75, 3.05) is 0 Å². The molecule has 0 saturated carbocycles. The fourth-order valence-corrected chi connectivity index (χ4v) is 8.02. The van der Waals surface area contributed by atoms with Crippen molar-refractivity contribution in [1.29, 1.82) is 0 Å². The number of aromatic nitrogens is 4. The molecule has 0 amide bonds. The van der Waals surface area contributed by atoms with E-state index < -0.39 is 0 Å². The fraction of sp³-hybridized carbons (Fsp3) is 0. The number of benzene rings is 8. The summed E-state index contributed by atoms with van der Waals surface area (Å²) in [5.74, 6) is 1.87. The lowest BCUT2D eigenvalue weighted by atomic mass is 9.97. The van der Waals surface area contributed by atoms with Gasteiger partial charge in [0.25, 0.3) is 0 Å². The summed E-state index contributed by atoms with van der Waals surface area (Å²) < 4.78 is 9.25. The van der Waals surface area contributed by atoms with E-state index in [1.165, 1.54) is 16.5 Å². The van der Waals surface area contributed by atoms with Crippen LogP contribution in [0, 0.1) is 0 Å². The number of rotatable bonds is 6. The summed E-state index contributed by atoms with van der Waals surface area (Å²) in [7, 11) is 0. The van der Waals surface area contributed by atoms with Crippen LogP contribution in [0.2, 0.25) is 0 Å². The Bertz CT molecular complexity index is 3160. The van der Waals surface area contributed by atoms with Gasteiger partial charge in [-0.2, -0.15) is 0 Å². The van der Waals surface area contributed by atoms with E-state index in [9.17, 15) is 0 Å². The minimum Gasteiger partial charge on any atom is -0.455 e. The van der Waals surface area contributed by atoms with Crippen molar-refractivity contribution < 1.29 is 4.42 Å². The lowest BCUT2D eigenvalue weighted by Gasteiger charge is -2.12. The lowest BCUT2D eigenvalue weighted by molar-refractivity contribution is 0.670. The van der Waals surface area contributed by atoms with Gasteiger partial charge in [0.05, 0.1) is 16.4 Å². The number of hydrogen-bond donors (Lipinski definition) is 0. The summed E-state index contributed by atoms with van der Waals surface area (Å²) in [6.07, 6.45) is 0. The molecule has 0 radical (unpaired) electrons. The first-order valence-electron chi connectivity index (χ1n) is 18.8. The smallest absolute Gasteiger partial charge is 0.164 e. The molecule has 11 aromatic rings. The van der Waals surface area contributed by atoms with Crippen LogP contribution in [0.1, 0.15) is 0 Å². The molecular formula is C51H32N4O. The third-order valence-electron chi connectivity index (χ3n) is 10.6. The monoisotopic (exact) mass is 716 g/mol. The lowest BCUT2D eigenvalue weighted by Crippen LogP contribution is -2.00. The predicted octanol–water partition coefficient (Wildman–Crippen LogP) is 13.2. The highest BCUT2D eigenvalue weighted by Crippen LogP contribution is 2.45. The Balaban J connectivity index is 1.14. The largest absolute Gasteiger partial charge is 0.455 e. The summed E-state index contributed by atoms with van der Waals surface area (Å²) in [6, 6.07) is 67.4. The van der Waals surface area contributed by atoms with Crippen molar-refractivity contribution in [2.24, 2.45) is 0 Å². The zero-order chi connectivity index (χ0) is 37.0. The second-order valence-corrected chi connectivity index (χ2v) is 14.0. The van der Waals surface area contributed by atoms with Crippen LogP contribution in [-0.4, -0.2) is 19.5 Å². The molecule has 0 saturated heterocycles. The van der Waals surface area contributed by atoms with Crippen LogP contribution < -0.4 is 0 Å². The second-order valence-electron chi connectivity index (χ2n) is 14.0. The van der Waals surface area contributed by atoms with E-state index in [0.717, 1.165) is 71.9 Å². The van der Waals surface area contributed by atoms with Crippen molar-refractivity contribution in [1.82, 2.24) is 19.5 Å². The molecule has 0 N–H and O–H groups in total. The van der Waals surface area contributed by atoms with Gasteiger partial charge >= 0.3 is 0 Å². The highest BCUT2D eigenvalue weighted by atomic mass is 16.3. The Morgan fingerprint density at radius 2 is 0.893 bits per heavy atom. The summed E-state index contributed by atoms with van der Waals surface area (Å²) in [5.41, 5.74) is 12.2. The maximum Gasteiger partial charge on any atom is 0.164 e. The normalized spacial score (nSPS) is 11.6. The zero-order valence-corrected chi connectivity index (χ0v) is 30.2. The topological polar surface area (TPSA) is 56.7 Å². The van der Waals surface area contributed by atoms with Crippen LogP contribution in [0.25, 0.3) is 106 Å². The maximum absolute atomic E-state index is 6.85. The Labute approximate surface area is 322 Å². The van der Waals surface area contributed by atoms with E-state index in [4.69, 9.17) is 19.4 Å². The third-order valence-corrected chi connectivity index (χ3v) is 10.6. The van der Waals surface area contributed by atoms with Crippen LogP contribution in [0.15, 0.2) is 199 Å². The standard InChI is InChI=1S/C51H32N4O/c1-4-15-33(16-5-1)34-27-29-39(30-28-34)55-44-25-12-10-23-40(44)43-32-42(48-46(47(43)55)41-24-11-13-26-45(41)56-48)37-21-14-22-38(31-37)51-53-49(35-17-6-2-7-18-35)52-50(54-51)36-19-8-3-9-20-36/h1-32H. The SMILES string of the molecule is c1ccc(-c2ccc(-n3c4ccccc4c4cc(-c5cccc(-c6nc(-c7ccccc7)nc(-c7ccccc7)n6)c5)c5oc6ccccc6c5c43)cc2)cc1. The minimum absolute atomic E-state index is 0.608. The molecule has 0 unspecified atom stereocenters. The second kappa shape index (κ2) is 13.0. The van der Waals surface area contributed by atoms with E-state index in [2.05, 4.69) is 132 Å². The predicted molar refractivity (Wildman–Crippen MR) is 229 cm³/mol. The summed E-state index contributed by atoms with van der Waals surface area (Å²) in [4.78, 5) is 15.0. The van der Waals surface area contributed by atoms with E-state index in [1.54, 1.807) is 0 Å². The molecule has 0 atom stereocenters. The molecule has 5 nitrogen and oxygen atoms in total. The van der Waals surface area contributed by atoms with Crippen LogP contribution in [0.3, 0.4) is 0 Å². The van der Waals surface area contributed by atoms with Gasteiger partial charge in [-0.1, -0.05) is 158 Å². The summed E-state index contributed by atoms with van der Waals surface area (Å²) in [5, 5.41) is 4.49. The van der Waals surface area contributed by atoms with E-state index in [1.807, 2.05) is 66.7 Å². The van der Waals surface area contributed by atoms with Gasteiger partial charge in [-0.15, -0.1) is 0 Å². The van der Waals surface area contributed by atoms with Gasteiger partial charge < -0.3 is 8.98 Å². The molecule has 3 aromatic heterocycles. The number of hydrogen-bond acceptors (Lipinski definition) is 4. The maximum atomic E-state index is 6.85. The molecule has 8 aromatic carbocycles. The molecule has 56 heavy (non-hydrogen) atoms. The number of para-hydroxylation sites is 2. The van der Waals surface area contributed by atoms with Gasteiger partial charge in [-0.3, -0.25) is 0 Å². The van der Waals surface area contributed by atoms with Gasteiger partial charge in [0.2, 0.25) is 0 Å². The van der Waals surface area contributed by atoms with Crippen LogP contribution in [0.4, 0.5) is 0 Å². The average molecular weight is 717 g/mol. The third kappa shape index (κ3) is 5.29. The van der Waals surface area contributed by atoms with E-state index in [0.29, 0.717) is 17.5 Å². The molecular weight excluding hydrogens is 685 g/mol. The van der Waals surface area contributed by atoms with Gasteiger partial charge in [0.1, 0.15) is 11.2 Å². The Morgan fingerprint density at radius 3 is 1.57 bits per heavy atom. The van der Waals surface area contributed by atoms with Crippen molar-refractivity contribution in [2.45, 2.75) is 0 Å². The molecule has 0 spiro atoms. The number of fused-ring (bicyclic) bond motifs is 7. The zero-order valence-electron chi connectivity index (χ0n) is 30.2. The summed E-state index contributed by atoms with van der Waals surface area (Å²) in [6.45, 7) is 0. The van der Waals surface area contributed by atoms with Crippen LogP contribution in [-0.2, 0) is 0 Å². The Morgan fingerprint density at radius 1 is 0.375 bits per heavy atom. The molecule has 0 fully saturated rings. The quantitative estimate of drug-likeness (QED) is 0.172. The molecule has 262 valence electrons. The van der Waals surface area contributed by atoms with Gasteiger partial charge in [-0.25, -0.2) is 15.0 Å². The molecule has 0 aliphatic carbocycles. The Kier molecular flexibility index (Phi) is 7.42. The summed E-state index contributed by atoms with van der Waals surface area (Å²) >= 11 is 0. The number of nitrogens with zero attached hydrogens (tertiary/aromatic N) is 4. The molecule has 5 heteroatoms. The Hall–Kier alpha value is -7.63. The average Bonchev–Trinajstić information content (AvgIpc) is 3.83. The number of furan rings is 1. The van der Waals surface area contributed by atoms with Gasteiger partial charge in [0.15, 0.2) is 17.5 Å². The van der Waals surface area contributed by atoms with E-state index >= 15 is 0 Å². The fourth-order valence-electron chi connectivity index (χ4n) is 8.02. The van der Waals surface area contributed by atoms with Crippen molar-refractivity contribution in [3.63, 3.8) is 0 Å². The minimum atomic E-state index is 0.608. The van der Waals surface area contributed by atoms with Crippen LogP contribution in [0.5, 0.6) is 0 Å².